The lowest BCUT2D eigenvalue weighted by atomic mass is 10.1. The van der Waals surface area contributed by atoms with Gasteiger partial charge >= 0.3 is 0 Å². The maximum Gasteiger partial charge on any atom is 0.264 e. The molecule has 0 unspecified atom stereocenters. The maximum absolute atomic E-state index is 12.5. The fraction of sp³-hybridized carbons (Fsp3) is 0.421. The fourth-order valence-corrected chi connectivity index (χ4v) is 3.07. The van der Waals surface area contributed by atoms with Gasteiger partial charge in [-0.3, -0.25) is 4.79 Å². The Kier molecular flexibility index (Phi) is 5.37. The molecule has 1 aliphatic heterocycles. The van der Waals surface area contributed by atoms with E-state index in [4.69, 9.17) is 4.74 Å². The number of H-pyrrole nitrogens is 1. The first-order chi connectivity index (χ1) is 12.5. The Balaban J connectivity index is 1.71. The van der Waals surface area contributed by atoms with Crippen molar-refractivity contribution in [3.8, 4) is 11.6 Å². The Morgan fingerprint density at radius 3 is 2.50 bits per heavy atom. The van der Waals surface area contributed by atoms with Gasteiger partial charge in [0, 0.05) is 24.5 Å². The highest BCUT2D eigenvalue weighted by molar-refractivity contribution is 6.08. The van der Waals surface area contributed by atoms with Crippen LogP contribution in [0.4, 0.5) is 11.4 Å². The van der Waals surface area contributed by atoms with Crippen LogP contribution in [-0.2, 0) is 11.2 Å². The molecule has 2 aromatic rings. The standard InChI is InChI=1S/C19H25N3O4/c1-12(2)11-15-17(23)16(19(25)21-15)18(24)20-13-3-5-14(6-4-13)22-7-9-26-10-8-22/h3-6,12,21,23,25H,7-11H2,1-2H3,(H,20,24). The summed E-state index contributed by atoms with van der Waals surface area (Å²) in [6.07, 6.45) is 0.543. The molecule has 26 heavy (non-hydrogen) atoms. The Morgan fingerprint density at radius 2 is 1.88 bits per heavy atom. The molecule has 0 bridgehead atoms. The van der Waals surface area contributed by atoms with Crippen LogP contribution in [0, 0.1) is 5.92 Å². The number of hydrogen-bond acceptors (Lipinski definition) is 5. The van der Waals surface area contributed by atoms with Crippen LogP contribution in [0.1, 0.15) is 29.9 Å². The van der Waals surface area contributed by atoms with E-state index < -0.39 is 5.91 Å². The van der Waals surface area contributed by atoms with E-state index in [0.29, 0.717) is 31.0 Å². The average Bonchev–Trinajstić information content (AvgIpc) is 2.89. The summed E-state index contributed by atoms with van der Waals surface area (Å²) in [5, 5.41) is 23.0. The number of aromatic nitrogens is 1. The van der Waals surface area contributed by atoms with Gasteiger partial charge in [0.15, 0.2) is 5.75 Å². The number of benzene rings is 1. The predicted molar refractivity (Wildman–Crippen MR) is 100 cm³/mol. The molecule has 1 aliphatic rings. The molecule has 1 saturated heterocycles. The number of nitrogens with zero attached hydrogens (tertiary/aromatic N) is 1. The molecule has 2 heterocycles. The van der Waals surface area contributed by atoms with Crippen LogP contribution < -0.4 is 10.2 Å². The van der Waals surface area contributed by atoms with Gasteiger partial charge in [-0.15, -0.1) is 0 Å². The van der Waals surface area contributed by atoms with E-state index in [1.807, 2.05) is 26.0 Å². The van der Waals surface area contributed by atoms with Crippen molar-refractivity contribution in [2.45, 2.75) is 20.3 Å². The molecule has 3 rings (SSSR count). The molecular formula is C19H25N3O4. The highest BCUT2D eigenvalue weighted by Crippen LogP contribution is 2.33. The first-order valence-electron chi connectivity index (χ1n) is 8.82. The van der Waals surface area contributed by atoms with Gasteiger partial charge in [0.05, 0.1) is 18.9 Å². The molecule has 1 fully saturated rings. The number of carbonyl (C=O) groups is 1. The molecule has 1 aromatic heterocycles. The number of anilines is 2. The Labute approximate surface area is 152 Å². The summed E-state index contributed by atoms with van der Waals surface area (Å²) in [5.74, 6) is -0.785. The van der Waals surface area contributed by atoms with Gasteiger partial charge in [-0.2, -0.15) is 0 Å². The monoisotopic (exact) mass is 359 g/mol. The van der Waals surface area contributed by atoms with Gasteiger partial charge in [-0.05, 0) is 36.6 Å². The van der Waals surface area contributed by atoms with Crippen molar-refractivity contribution in [3.05, 3.63) is 35.5 Å². The lowest BCUT2D eigenvalue weighted by molar-refractivity contribution is 0.102. The molecule has 4 N–H and O–H groups in total. The molecule has 7 heteroatoms. The zero-order chi connectivity index (χ0) is 18.7. The van der Waals surface area contributed by atoms with Crippen molar-refractivity contribution < 1.29 is 19.7 Å². The summed E-state index contributed by atoms with van der Waals surface area (Å²) in [7, 11) is 0. The van der Waals surface area contributed by atoms with Gasteiger partial charge in [0.2, 0.25) is 5.88 Å². The van der Waals surface area contributed by atoms with E-state index in [9.17, 15) is 15.0 Å². The van der Waals surface area contributed by atoms with Gasteiger partial charge in [0.25, 0.3) is 5.91 Å². The minimum atomic E-state index is -0.551. The number of aromatic amines is 1. The quantitative estimate of drug-likeness (QED) is 0.658. The maximum atomic E-state index is 12.5. The summed E-state index contributed by atoms with van der Waals surface area (Å²) in [6, 6.07) is 7.47. The van der Waals surface area contributed by atoms with Crippen LogP contribution in [0.15, 0.2) is 24.3 Å². The molecule has 0 aliphatic carbocycles. The van der Waals surface area contributed by atoms with Crippen molar-refractivity contribution >= 4 is 17.3 Å². The number of hydrogen-bond donors (Lipinski definition) is 4. The topological polar surface area (TPSA) is 97.8 Å². The molecule has 7 nitrogen and oxygen atoms in total. The first-order valence-corrected chi connectivity index (χ1v) is 8.82. The number of morpholine rings is 1. The van der Waals surface area contributed by atoms with Crippen LogP contribution in [0.5, 0.6) is 11.6 Å². The van der Waals surface area contributed by atoms with Gasteiger partial charge < -0.3 is 30.2 Å². The molecule has 140 valence electrons. The van der Waals surface area contributed by atoms with Gasteiger partial charge in [0.1, 0.15) is 5.56 Å². The zero-order valence-corrected chi connectivity index (χ0v) is 15.1. The van der Waals surface area contributed by atoms with Crippen molar-refractivity contribution in [1.82, 2.24) is 4.98 Å². The van der Waals surface area contributed by atoms with Crippen LogP contribution >= 0.6 is 0 Å². The molecule has 0 spiro atoms. The predicted octanol–water partition coefficient (Wildman–Crippen LogP) is 2.71. The van der Waals surface area contributed by atoms with Gasteiger partial charge in [-0.25, -0.2) is 0 Å². The summed E-state index contributed by atoms with van der Waals surface area (Å²) >= 11 is 0. The minimum absolute atomic E-state index is 0.127. The number of carbonyl (C=O) groups excluding carboxylic acids is 1. The third-order valence-corrected chi connectivity index (χ3v) is 4.37. The number of ether oxygens (including phenoxy) is 1. The molecular weight excluding hydrogens is 334 g/mol. The fourth-order valence-electron chi connectivity index (χ4n) is 3.07. The van der Waals surface area contributed by atoms with Crippen molar-refractivity contribution in [2.24, 2.45) is 5.92 Å². The highest BCUT2D eigenvalue weighted by atomic mass is 16.5. The van der Waals surface area contributed by atoms with E-state index in [-0.39, 0.29) is 23.1 Å². The second kappa shape index (κ2) is 7.70. The minimum Gasteiger partial charge on any atom is -0.505 e. The lowest BCUT2D eigenvalue weighted by Gasteiger charge is -2.28. The van der Waals surface area contributed by atoms with E-state index in [0.717, 1.165) is 18.8 Å². The molecule has 1 aromatic carbocycles. The summed E-state index contributed by atoms with van der Waals surface area (Å²) in [4.78, 5) is 17.4. The number of aromatic hydroxyl groups is 2. The number of nitrogens with one attached hydrogen (secondary N) is 2. The molecule has 1 amide bonds. The number of rotatable bonds is 5. The largest absolute Gasteiger partial charge is 0.505 e. The number of amides is 1. The van der Waals surface area contributed by atoms with Crippen LogP contribution in [0.25, 0.3) is 0 Å². The van der Waals surface area contributed by atoms with Crippen molar-refractivity contribution in [2.75, 3.05) is 36.5 Å². The average molecular weight is 359 g/mol. The first kappa shape index (κ1) is 18.1. The van der Waals surface area contributed by atoms with Gasteiger partial charge in [-0.1, -0.05) is 13.8 Å². The lowest BCUT2D eigenvalue weighted by Crippen LogP contribution is -2.36. The molecule has 0 atom stereocenters. The third kappa shape index (κ3) is 3.94. The Morgan fingerprint density at radius 1 is 1.23 bits per heavy atom. The van der Waals surface area contributed by atoms with Crippen molar-refractivity contribution in [3.63, 3.8) is 0 Å². The normalized spacial score (nSPS) is 14.7. The second-order valence-electron chi connectivity index (χ2n) is 6.87. The smallest absolute Gasteiger partial charge is 0.264 e. The summed E-state index contributed by atoms with van der Waals surface area (Å²) in [5.41, 5.74) is 2.00. The Bertz CT molecular complexity index is 762. The van der Waals surface area contributed by atoms with E-state index in [1.165, 1.54) is 0 Å². The SMILES string of the molecule is CC(C)Cc1[nH]c(O)c(C(=O)Nc2ccc(N3CCOCC3)cc2)c1O. The van der Waals surface area contributed by atoms with E-state index in [2.05, 4.69) is 15.2 Å². The zero-order valence-electron chi connectivity index (χ0n) is 15.1. The molecule has 0 saturated carbocycles. The van der Waals surface area contributed by atoms with E-state index in [1.54, 1.807) is 12.1 Å². The second-order valence-corrected chi connectivity index (χ2v) is 6.87. The Hall–Kier alpha value is -2.67. The highest BCUT2D eigenvalue weighted by Gasteiger charge is 2.23. The van der Waals surface area contributed by atoms with Crippen molar-refractivity contribution in [1.29, 1.82) is 0 Å². The van der Waals surface area contributed by atoms with Crippen LogP contribution in [0.2, 0.25) is 0 Å². The summed E-state index contributed by atoms with van der Waals surface area (Å²) in [6.45, 7) is 7.09. The van der Waals surface area contributed by atoms with E-state index >= 15 is 0 Å². The third-order valence-electron chi connectivity index (χ3n) is 4.37. The van der Waals surface area contributed by atoms with Crippen LogP contribution in [0.3, 0.4) is 0 Å². The van der Waals surface area contributed by atoms with Crippen LogP contribution in [-0.4, -0.2) is 47.4 Å². The molecule has 0 radical (unpaired) electrons. The summed E-state index contributed by atoms with van der Waals surface area (Å²) < 4.78 is 5.35.